The number of rotatable bonds is 5. The molecule has 1 unspecified atom stereocenters. The highest BCUT2D eigenvalue weighted by Gasteiger charge is 2.03. The van der Waals surface area contributed by atoms with Crippen LogP contribution in [0.4, 0.5) is 0 Å². The Hall–Kier alpha value is -0.800. The number of hydrogen-bond donors (Lipinski definition) is 1. The van der Waals surface area contributed by atoms with E-state index in [2.05, 4.69) is 24.5 Å². The third-order valence-electron chi connectivity index (χ3n) is 2.15. The molecule has 0 bridgehead atoms. The number of nitrogens with one attached hydrogen (secondary N) is 1. The van der Waals surface area contributed by atoms with E-state index in [-0.39, 0.29) is 0 Å². The van der Waals surface area contributed by atoms with Crippen molar-refractivity contribution in [2.75, 3.05) is 13.7 Å². The van der Waals surface area contributed by atoms with Gasteiger partial charge in [-0.25, -0.2) is 0 Å². The second-order valence-corrected chi connectivity index (χ2v) is 3.09. The van der Waals surface area contributed by atoms with E-state index in [1.165, 1.54) is 5.56 Å². The van der Waals surface area contributed by atoms with E-state index in [0.29, 0.717) is 12.8 Å². The van der Waals surface area contributed by atoms with Crippen LogP contribution in [-0.2, 0) is 11.5 Å². The highest BCUT2D eigenvalue weighted by molar-refractivity contribution is 5.14. The lowest BCUT2D eigenvalue weighted by Gasteiger charge is -2.07. The molecular formula is C10H18N2O. The molecule has 0 amide bonds. The summed E-state index contributed by atoms with van der Waals surface area (Å²) in [6.07, 6.45) is 4.15. The second-order valence-electron chi connectivity index (χ2n) is 3.09. The quantitative estimate of drug-likeness (QED) is 0.751. The molecule has 0 saturated carbocycles. The van der Waals surface area contributed by atoms with Crippen molar-refractivity contribution >= 4 is 0 Å². The van der Waals surface area contributed by atoms with Crippen LogP contribution in [-0.4, -0.2) is 18.2 Å². The zero-order chi connectivity index (χ0) is 9.68. The van der Waals surface area contributed by atoms with Crippen LogP contribution in [0, 0.1) is 0 Å². The molecule has 1 aromatic rings. The second kappa shape index (κ2) is 5.04. The fraction of sp³-hybridized carbons (Fsp3) is 0.600. The van der Waals surface area contributed by atoms with Crippen molar-refractivity contribution in [3.05, 3.63) is 24.0 Å². The predicted molar refractivity (Wildman–Crippen MR) is 53.5 cm³/mol. The minimum Gasteiger partial charge on any atom is -0.361 e. The minimum absolute atomic E-state index is 0.405. The van der Waals surface area contributed by atoms with Gasteiger partial charge in [0.1, 0.15) is 6.73 Å². The molecule has 0 radical (unpaired) electrons. The Labute approximate surface area is 79.7 Å². The lowest BCUT2D eigenvalue weighted by molar-refractivity contribution is 0.0880. The van der Waals surface area contributed by atoms with Gasteiger partial charge in [-0.3, -0.25) is 0 Å². The summed E-state index contributed by atoms with van der Waals surface area (Å²) in [6.45, 7) is 5.54. The fourth-order valence-electron chi connectivity index (χ4n) is 1.16. The summed E-state index contributed by atoms with van der Waals surface area (Å²) < 4.78 is 7.34. The first kappa shape index (κ1) is 10.3. The molecule has 0 aliphatic rings. The topological polar surface area (TPSA) is 26.2 Å². The third kappa shape index (κ3) is 2.86. The lowest BCUT2D eigenvalue weighted by Crippen LogP contribution is -2.11. The van der Waals surface area contributed by atoms with Gasteiger partial charge in [0, 0.05) is 25.0 Å². The molecule has 3 heteroatoms. The van der Waals surface area contributed by atoms with Gasteiger partial charge in [0.15, 0.2) is 0 Å². The minimum atomic E-state index is 0.405. The van der Waals surface area contributed by atoms with E-state index in [4.69, 9.17) is 4.74 Å². The zero-order valence-electron chi connectivity index (χ0n) is 8.58. The third-order valence-corrected chi connectivity index (χ3v) is 2.15. The van der Waals surface area contributed by atoms with E-state index in [1.807, 2.05) is 24.7 Å². The van der Waals surface area contributed by atoms with Gasteiger partial charge >= 0.3 is 0 Å². The van der Waals surface area contributed by atoms with Crippen LogP contribution in [0.25, 0.3) is 0 Å². The van der Waals surface area contributed by atoms with Crippen molar-refractivity contribution in [3.63, 3.8) is 0 Å². The molecule has 74 valence electrons. The summed E-state index contributed by atoms with van der Waals surface area (Å²) in [5, 5.41) is 3.20. The summed E-state index contributed by atoms with van der Waals surface area (Å²) in [5.74, 6) is 0. The molecule has 1 N–H and O–H groups in total. The average Bonchev–Trinajstić information content (AvgIpc) is 2.62. The molecule has 13 heavy (non-hydrogen) atoms. The maximum absolute atomic E-state index is 5.29. The highest BCUT2D eigenvalue weighted by Crippen LogP contribution is 2.11. The van der Waals surface area contributed by atoms with E-state index in [9.17, 15) is 0 Å². The Balaban J connectivity index is 2.53. The standard InChI is InChI=1S/C10H18N2O/c1-4-13-8-12-6-5-10(7-12)9(2)11-3/h5-7,9,11H,4,8H2,1-3H3. The highest BCUT2D eigenvalue weighted by atomic mass is 16.5. The Morgan fingerprint density at radius 3 is 3.00 bits per heavy atom. The van der Waals surface area contributed by atoms with Gasteiger partial charge in [0.05, 0.1) is 0 Å². The number of nitrogens with zero attached hydrogens (tertiary/aromatic N) is 1. The first-order valence-corrected chi connectivity index (χ1v) is 4.68. The van der Waals surface area contributed by atoms with E-state index in [1.54, 1.807) is 0 Å². The molecule has 0 spiro atoms. The Morgan fingerprint density at radius 1 is 1.62 bits per heavy atom. The first-order chi connectivity index (χ1) is 6.27. The van der Waals surface area contributed by atoms with Gasteiger partial charge in [0.25, 0.3) is 0 Å². The van der Waals surface area contributed by atoms with Crippen LogP contribution < -0.4 is 5.32 Å². The Morgan fingerprint density at radius 2 is 2.38 bits per heavy atom. The van der Waals surface area contributed by atoms with Gasteiger partial charge in [-0.05, 0) is 32.5 Å². The Bertz CT molecular complexity index is 245. The van der Waals surface area contributed by atoms with Crippen LogP contribution in [0.15, 0.2) is 18.5 Å². The number of aromatic nitrogens is 1. The van der Waals surface area contributed by atoms with Crippen LogP contribution in [0.1, 0.15) is 25.5 Å². The maximum Gasteiger partial charge on any atom is 0.122 e. The summed E-state index contributed by atoms with van der Waals surface area (Å²) >= 11 is 0. The smallest absolute Gasteiger partial charge is 0.122 e. The van der Waals surface area contributed by atoms with Crippen LogP contribution in [0.3, 0.4) is 0 Å². The average molecular weight is 182 g/mol. The van der Waals surface area contributed by atoms with E-state index in [0.717, 1.165) is 6.61 Å². The predicted octanol–water partition coefficient (Wildman–Crippen LogP) is 1.76. The van der Waals surface area contributed by atoms with Gasteiger partial charge < -0.3 is 14.6 Å². The van der Waals surface area contributed by atoms with E-state index >= 15 is 0 Å². The molecule has 0 saturated heterocycles. The summed E-state index contributed by atoms with van der Waals surface area (Å²) in [4.78, 5) is 0. The molecule has 1 aromatic heterocycles. The fourth-order valence-corrected chi connectivity index (χ4v) is 1.16. The SMILES string of the molecule is CCOCn1ccc(C(C)NC)c1. The van der Waals surface area contributed by atoms with Crippen molar-refractivity contribution in [2.45, 2.75) is 26.6 Å². The normalized spacial score (nSPS) is 13.2. The molecule has 3 nitrogen and oxygen atoms in total. The summed E-state index contributed by atoms with van der Waals surface area (Å²) in [5.41, 5.74) is 1.29. The van der Waals surface area contributed by atoms with Crippen molar-refractivity contribution in [1.82, 2.24) is 9.88 Å². The lowest BCUT2D eigenvalue weighted by atomic mass is 10.2. The van der Waals surface area contributed by atoms with Crippen LogP contribution in [0.5, 0.6) is 0 Å². The summed E-state index contributed by atoms with van der Waals surface area (Å²) in [6, 6.07) is 2.52. The molecule has 1 atom stereocenters. The maximum atomic E-state index is 5.29. The number of hydrogen-bond acceptors (Lipinski definition) is 2. The van der Waals surface area contributed by atoms with Crippen molar-refractivity contribution in [1.29, 1.82) is 0 Å². The molecule has 0 aliphatic carbocycles. The van der Waals surface area contributed by atoms with Gasteiger partial charge in [0.2, 0.25) is 0 Å². The number of ether oxygens (including phenoxy) is 1. The summed E-state index contributed by atoms with van der Waals surface area (Å²) in [7, 11) is 1.96. The van der Waals surface area contributed by atoms with Crippen molar-refractivity contribution < 1.29 is 4.74 Å². The molecule has 0 aliphatic heterocycles. The molecule has 1 heterocycles. The van der Waals surface area contributed by atoms with E-state index < -0.39 is 0 Å². The van der Waals surface area contributed by atoms with Gasteiger partial charge in [-0.15, -0.1) is 0 Å². The first-order valence-electron chi connectivity index (χ1n) is 4.68. The van der Waals surface area contributed by atoms with Gasteiger partial charge in [-0.2, -0.15) is 0 Å². The molecule has 1 rings (SSSR count). The van der Waals surface area contributed by atoms with Crippen LogP contribution >= 0.6 is 0 Å². The largest absolute Gasteiger partial charge is 0.361 e. The van der Waals surface area contributed by atoms with Crippen molar-refractivity contribution in [3.8, 4) is 0 Å². The molecular weight excluding hydrogens is 164 g/mol. The van der Waals surface area contributed by atoms with Crippen molar-refractivity contribution in [2.24, 2.45) is 0 Å². The monoisotopic (exact) mass is 182 g/mol. The zero-order valence-corrected chi connectivity index (χ0v) is 8.58. The van der Waals surface area contributed by atoms with Gasteiger partial charge in [-0.1, -0.05) is 0 Å². The molecule has 0 aromatic carbocycles. The molecule has 0 fully saturated rings. The van der Waals surface area contributed by atoms with Crippen LogP contribution in [0.2, 0.25) is 0 Å². The Kier molecular flexibility index (Phi) is 3.99.